The molecule has 3 nitrogen and oxygen atoms in total. The van der Waals surface area contributed by atoms with Gasteiger partial charge in [-0.05, 0) is 26.3 Å². The highest BCUT2D eigenvalue weighted by molar-refractivity contribution is 5.82. The van der Waals surface area contributed by atoms with Crippen LogP contribution in [0, 0.1) is 5.41 Å². The molecule has 1 heterocycles. The van der Waals surface area contributed by atoms with Crippen LogP contribution in [0.25, 0.3) is 0 Å². The van der Waals surface area contributed by atoms with E-state index in [0.29, 0.717) is 5.91 Å². The van der Waals surface area contributed by atoms with E-state index in [1.54, 1.807) is 0 Å². The van der Waals surface area contributed by atoms with E-state index in [2.05, 4.69) is 19.2 Å². The Morgan fingerprint density at radius 2 is 2.29 bits per heavy atom. The number of carbonyl (C=O) groups is 1. The van der Waals surface area contributed by atoms with Gasteiger partial charge < -0.3 is 10.2 Å². The zero-order chi connectivity index (χ0) is 10.6. The summed E-state index contributed by atoms with van der Waals surface area (Å²) in [7, 11) is 1.92. The van der Waals surface area contributed by atoms with E-state index in [9.17, 15) is 4.79 Å². The first-order chi connectivity index (χ1) is 6.60. The van der Waals surface area contributed by atoms with Crippen molar-refractivity contribution in [1.82, 2.24) is 10.2 Å². The number of nitrogens with zero attached hydrogens (tertiary/aromatic N) is 1. The lowest BCUT2D eigenvalue weighted by Crippen LogP contribution is -2.41. The SMILES string of the molecule is CCCCN(C)C(=O)C1(C)CCNC1. The van der Waals surface area contributed by atoms with Crippen LogP contribution in [0.5, 0.6) is 0 Å². The van der Waals surface area contributed by atoms with Crippen molar-refractivity contribution in [3.05, 3.63) is 0 Å². The lowest BCUT2D eigenvalue weighted by molar-refractivity contribution is -0.138. The number of hydrogen-bond donors (Lipinski definition) is 1. The summed E-state index contributed by atoms with van der Waals surface area (Å²) in [5, 5.41) is 3.26. The molecule has 1 rings (SSSR count). The fourth-order valence-electron chi connectivity index (χ4n) is 1.96. The van der Waals surface area contributed by atoms with Gasteiger partial charge in [-0.3, -0.25) is 4.79 Å². The molecule has 0 spiro atoms. The highest BCUT2D eigenvalue weighted by Gasteiger charge is 2.37. The third-order valence-electron chi connectivity index (χ3n) is 3.08. The third kappa shape index (κ3) is 2.47. The Morgan fingerprint density at radius 3 is 2.79 bits per heavy atom. The largest absolute Gasteiger partial charge is 0.345 e. The smallest absolute Gasteiger partial charge is 0.229 e. The molecule has 1 N–H and O–H groups in total. The maximum atomic E-state index is 12.1. The Morgan fingerprint density at radius 1 is 1.57 bits per heavy atom. The summed E-state index contributed by atoms with van der Waals surface area (Å²) >= 11 is 0. The van der Waals surface area contributed by atoms with Crippen molar-refractivity contribution in [2.75, 3.05) is 26.7 Å². The van der Waals surface area contributed by atoms with Gasteiger partial charge in [-0.2, -0.15) is 0 Å². The Bertz CT molecular complexity index is 197. The second kappa shape index (κ2) is 4.78. The molecule has 1 fully saturated rings. The van der Waals surface area contributed by atoms with Crippen LogP contribution in [0.4, 0.5) is 0 Å². The van der Waals surface area contributed by atoms with Gasteiger partial charge in [0.05, 0.1) is 5.41 Å². The molecule has 0 aromatic rings. The fourth-order valence-corrected chi connectivity index (χ4v) is 1.96. The summed E-state index contributed by atoms with van der Waals surface area (Å²) in [4.78, 5) is 13.9. The Hall–Kier alpha value is -0.570. The molecule has 0 radical (unpaired) electrons. The third-order valence-corrected chi connectivity index (χ3v) is 3.08. The van der Waals surface area contributed by atoms with Gasteiger partial charge >= 0.3 is 0 Å². The first kappa shape index (κ1) is 11.5. The molecular formula is C11H22N2O. The van der Waals surface area contributed by atoms with Crippen LogP contribution in [0.15, 0.2) is 0 Å². The van der Waals surface area contributed by atoms with Crippen molar-refractivity contribution in [2.45, 2.75) is 33.1 Å². The molecule has 82 valence electrons. The summed E-state index contributed by atoms with van der Waals surface area (Å²) in [6, 6.07) is 0. The van der Waals surface area contributed by atoms with E-state index >= 15 is 0 Å². The van der Waals surface area contributed by atoms with Crippen molar-refractivity contribution in [1.29, 1.82) is 0 Å². The van der Waals surface area contributed by atoms with Crippen molar-refractivity contribution in [3.8, 4) is 0 Å². The molecule has 0 bridgehead atoms. The molecule has 1 saturated heterocycles. The molecule has 0 aliphatic carbocycles. The average Bonchev–Trinajstić information content (AvgIpc) is 2.61. The molecule has 1 amide bonds. The van der Waals surface area contributed by atoms with Gasteiger partial charge in [0.15, 0.2) is 0 Å². The topological polar surface area (TPSA) is 32.3 Å². The molecule has 1 aliphatic rings. The van der Waals surface area contributed by atoms with Crippen molar-refractivity contribution in [3.63, 3.8) is 0 Å². The summed E-state index contributed by atoms with van der Waals surface area (Å²) in [5.74, 6) is 0.302. The molecule has 0 aromatic heterocycles. The highest BCUT2D eigenvalue weighted by Crippen LogP contribution is 2.26. The van der Waals surface area contributed by atoms with Crippen molar-refractivity contribution >= 4 is 5.91 Å². The summed E-state index contributed by atoms with van der Waals surface area (Å²) in [6.07, 6.45) is 3.22. The van der Waals surface area contributed by atoms with E-state index in [0.717, 1.165) is 38.9 Å². The minimum atomic E-state index is -0.150. The van der Waals surface area contributed by atoms with E-state index in [-0.39, 0.29) is 5.41 Å². The number of rotatable bonds is 4. The van der Waals surface area contributed by atoms with E-state index in [1.165, 1.54) is 0 Å². The number of unbranched alkanes of at least 4 members (excludes halogenated alkanes) is 1. The van der Waals surface area contributed by atoms with Crippen LogP contribution in [0.2, 0.25) is 0 Å². The minimum absolute atomic E-state index is 0.150. The summed E-state index contributed by atoms with van der Waals surface area (Å²) in [5.41, 5.74) is -0.150. The van der Waals surface area contributed by atoms with Crippen LogP contribution in [-0.4, -0.2) is 37.5 Å². The summed E-state index contributed by atoms with van der Waals surface area (Å²) in [6.45, 7) is 6.92. The summed E-state index contributed by atoms with van der Waals surface area (Å²) < 4.78 is 0. The molecule has 1 atom stereocenters. The molecule has 1 aliphatic heterocycles. The predicted molar refractivity (Wildman–Crippen MR) is 58.1 cm³/mol. The van der Waals surface area contributed by atoms with Crippen LogP contribution in [0.1, 0.15) is 33.1 Å². The van der Waals surface area contributed by atoms with Gasteiger partial charge in [0.2, 0.25) is 5.91 Å². The average molecular weight is 198 g/mol. The van der Waals surface area contributed by atoms with Crippen LogP contribution < -0.4 is 5.32 Å². The lowest BCUT2D eigenvalue weighted by Gasteiger charge is -2.28. The fraction of sp³-hybridized carbons (Fsp3) is 0.909. The Kier molecular flexibility index (Phi) is 3.93. The van der Waals surface area contributed by atoms with Gasteiger partial charge in [0.1, 0.15) is 0 Å². The normalized spacial score (nSPS) is 26.5. The maximum Gasteiger partial charge on any atom is 0.229 e. The number of nitrogens with one attached hydrogen (secondary N) is 1. The van der Waals surface area contributed by atoms with E-state index in [4.69, 9.17) is 0 Å². The maximum absolute atomic E-state index is 12.1. The van der Waals surface area contributed by atoms with Crippen LogP contribution >= 0.6 is 0 Å². The monoisotopic (exact) mass is 198 g/mol. The molecule has 0 saturated carbocycles. The predicted octanol–water partition coefficient (Wildman–Crippen LogP) is 1.24. The number of carbonyl (C=O) groups excluding carboxylic acids is 1. The highest BCUT2D eigenvalue weighted by atomic mass is 16.2. The standard InChI is InChI=1S/C11H22N2O/c1-4-5-8-13(3)10(14)11(2)6-7-12-9-11/h12H,4-9H2,1-3H3. The minimum Gasteiger partial charge on any atom is -0.345 e. The van der Waals surface area contributed by atoms with Gasteiger partial charge in [0.25, 0.3) is 0 Å². The number of hydrogen-bond acceptors (Lipinski definition) is 2. The second-order valence-electron chi connectivity index (χ2n) is 4.57. The van der Waals surface area contributed by atoms with Gasteiger partial charge in [-0.25, -0.2) is 0 Å². The van der Waals surface area contributed by atoms with Gasteiger partial charge in [0, 0.05) is 20.1 Å². The molecule has 3 heteroatoms. The molecule has 14 heavy (non-hydrogen) atoms. The van der Waals surface area contributed by atoms with Crippen LogP contribution in [0.3, 0.4) is 0 Å². The molecule has 1 unspecified atom stereocenters. The quantitative estimate of drug-likeness (QED) is 0.737. The van der Waals surface area contributed by atoms with Gasteiger partial charge in [-0.15, -0.1) is 0 Å². The first-order valence-corrected chi connectivity index (χ1v) is 5.56. The lowest BCUT2D eigenvalue weighted by atomic mass is 9.88. The van der Waals surface area contributed by atoms with E-state index in [1.807, 2.05) is 11.9 Å². The molecular weight excluding hydrogens is 176 g/mol. The Balaban J connectivity index is 2.46. The first-order valence-electron chi connectivity index (χ1n) is 5.56. The second-order valence-corrected chi connectivity index (χ2v) is 4.57. The zero-order valence-corrected chi connectivity index (χ0v) is 9.60. The Labute approximate surface area is 86.9 Å². The van der Waals surface area contributed by atoms with Crippen LogP contribution in [-0.2, 0) is 4.79 Å². The number of amides is 1. The van der Waals surface area contributed by atoms with Crippen molar-refractivity contribution in [2.24, 2.45) is 5.41 Å². The zero-order valence-electron chi connectivity index (χ0n) is 9.60. The van der Waals surface area contributed by atoms with Gasteiger partial charge in [-0.1, -0.05) is 13.3 Å². The van der Waals surface area contributed by atoms with Crippen molar-refractivity contribution < 1.29 is 4.79 Å². The molecule has 0 aromatic carbocycles. The van der Waals surface area contributed by atoms with E-state index < -0.39 is 0 Å².